The van der Waals surface area contributed by atoms with Crippen molar-refractivity contribution in [3.63, 3.8) is 0 Å². The Morgan fingerprint density at radius 3 is 2.84 bits per heavy atom. The van der Waals surface area contributed by atoms with E-state index in [1.807, 2.05) is 4.68 Å². The molecule has 100 valence electrons. The molecule has 0 radical (unpaired) electrons. The van der Waals surface area contributed by atoms with Crippen LogP contribution in [0.3, 0.4) is 0 Å². The lowest BCUT2D eigenvalue weighted by molar-refractivity contribution is 0.634. The molecule has 4 nitrogen and oxygen atoms in total. The van der Waals surface area contributed by atoms with Crippen molar-refractivity contribution >= 4 is 15.9 Å². The van der Waals surface area contributed by atoms with Gasteiger partial charge in [-0.1, -0.05) is 35.7 Å². The average Bonchev–Trinajstić information content (AvgIpc) is 3.08. The molecular weight excluding hydrogens is 304 g/mol. The van der Waals surface area contributed by atoms with Crippen molar-refractivity contribution in [2.45, 2.75) is 44.9 Å². The second kappa shape index (κ2) is 5.41. The molecule has 1 aliphatic carbocycles. The summed E-state index contributed by atoms with van der Waals surface area (Å²) in [6.45, 7) is 2.16. The summed E-state index contributed by atoms with van der Waals surface area (Å²) in [5.41, 5.74) is 2.37. The summed E-state index contributed by atoms with van der Waals surface area (Å²) < 4.78 is 3.03. The molecule has 1 fully saturated rings. The first-order chi connectivity index (χ1) is 9.29. The van der Waals surface area contributed by atoms with Crippen LogP contribution < -0.4 is 0 Å². The SMILES string of the molecule is CCc1cc(Br)ccc1-n1nnnc1C1CCCC1. The number of benzene rings is 1. The number of aryl methyl sites for hydroxylation is 1. The van der Waals surface area contributed by atoms with Crippen molar-refractivity contribution in [1.82, 2.24) is 20.2 Å². The van der Waals surface area contributed by atoms with Crippen LogP contribution >= 0.6 is 15.9 Å². The maximum absolute atomic E-state index is 4.26. The molecule has 1 aliphatic rings. The summed E-state index contributed by atoms with van der Waals surface area (Å²) >= 11 is 3.52. The standard InChI is InChI=1S/C14H17BrN4/c1-2-10-9-12(15)7-8-13(10)19-14(16-17-18-19)11-5-3-4-6-11/h7-9,11H,2-6H2,1H3. The number of hydrogen-bond acceptors (Lipinski definition) is 3. The van der Waals surface area contributed by atoms with Crippen LogP contribution in [0.1, 0.15) is 49.9 Å². The minimum atomic E-state index is 0.517. The van der Waals surface area contributed by atoms with E-state index in [9.17, 15) is 0 Å². The second-order valence-electron chi connectivity index (χ2n) is 5.06. The van der Waals surface area contributed by atoms with Gasteiger partial charge in [0.1, 0.15) is 0 Å². The maximum atomic E-state index is 4.26. The number of halogens is 1. The van der Waals surface area contributed by atoms with E-state index in [4.69, 9.17) is 0 Å². The highest BCUT2D eigenvalue weighted by Gasteiger charge is 2.24. The van der Waals surface area contributed by atoms with Gasteiger partial charge in [-0.2, -0.15) is 4.68 Å². The molecule has 1 aromatic heterocycles. The summed E-state index contributed by atoms with van der Waals surface area (Å²) in [7, 11) is 0. The van der Waals surface area contributed by atoms with Crippen molar-refractivity contribution in [3.8, 4) is 5.69 Å². The van der Waals surface area contributed by atoms with E-state index < -0.39 is 0 Å². The monoisotopic (exact) mass is 320 g/mol. The molecule has 0 N–H and O–H groups in total. The number of hydrogen-bond donors (Lipinski definition) is 0. The Balaban J connectivity index is 2.04. The third-order valence-corrected chi connectivity index (χ3v) is 4.36. The third kappa shape index (κ3) is 2.43. The van der Waals surface area contributed by atoms with Crippen LogP contribution in [0.2, 0.25) is 0 Å². The molecule has 19 heavy (non-hydrogen) atoms. The Hall–Kier alpha value is -1.23. The van der Waals surface area contributed by atoms with Gasteiger partial charge >= 0.3 is 0 Å². The molecule has 0 spiro atoms. The average molecular weight is 321 g/mol. The predicted molar refractivity (Wildman–Crippen MR) is 77.4 cm³/mol. The van der Waals surface area contributed by atoms with Gasteiger partial charge in [-0.15, -0.1) is 5.10 Å². The highest BCUT2D eigenvalue weighted by Crippen LogP contribution is 2.34. The first-order valence-corrected chi connectivity index (χ1v) is 7.66. The Morgan fingerprint density at radius 2 is 2.11 bits per heavy atom. The van der Waals surface area contributed by atoms with Crippen LogP contribution in [0, 0.1) is 0 Å². The lowest BCUT2D eigenvalue weighted by Crippen LogP contribution is -2.09. The molecule has 3 rings (SSSR count). The molecule has 0 atom stereocenters. The van der Waals surface area contributed by atoms with Gasteiger partial charge in [-0.3, -0.25) is 0 Å². The van der Waals surface area contributed by atoms with Gasteiger partial charge < -0.3 is 0 Å². The van der Waals surface area contributed by atoms with E-state index in [0.717, 1.165) is 22.4 Å². The highest BCUT2D eigenvalue weighted by molar-refractivity contribution is 9.10. The fourth-order valence-corrected chi connectivity index (χ4v) is 3.26. The van der Waals surface area contributed by atoms with Gasteiger partial charge in [0.15, 0.2) is 5.82 Å². The van der Waals surface area contributed by atoms with Crippen LogP contribution in [-0.2, 0) is 6.42 Å². The number of tetrazole rings is 1. The molecule has 0 bridgehead atoms. The second-order valence-corrected chi connectivity index (χ2v) is 5.97. The molecule has 0 saturated heterocycles. The first-order valence-electron chi connectivity index (χ1n) is 6.86. The predicted octanol–water partition coefficient (Wildman–Crippen LogP) is 3.64. The fourth-order valence-electron chi connectivity index (χ4n) is 2.85. The summed E-state index contributed by atoms with van der Waals surface area (Å²) in [6.07, 6.45) is 5.96. The topological polar surface area (TPSA) is 43.6 Å². The third-order valence-electron chi connectivity index (χ3n) is 3.86. The largest absolute Gasteiger partial charge is 0.197 e. The molecule has 1 heterocycles. The summed E-state index contributed by atoms with van der Waals surface area (Å²) in [6, 6.07) is 6.29. The van der Waals surface area contributed by atoms with Crippen LogP contribution in [-0.4, -0.2) is 20.2 Å². The van der Waals surface area contributed by atoms with Crippen molar-refractivity contribution in [3.05, 3.63) is 34.1 Å². The van der Waals surface area contributed by atoms with Gasteiger partial charge in [-0.25, -0.2) is 0 Å². The van der Waals surface area contributed by atoms with E-state index in [1.165, 1.54) is 31.2 Å². The Labute approximate surface area is 121 Å². The van der Waals surface area contributed by atoms with E-state index in [1.54, 1.807) is 0 Å². The molecule has 0 unspecified atom stereocenters. The summed E-state index contributed by atoms with van der Waals surface area (Å²) in [5, 5.41) is 12.4. The fraction of sp³-hybridized carbons (Fsp3) is 0.500. The van der Waals surface area contributed by atoms with E-state index in [-0.39, 0.29) is 0 Å². The number of rotatable bonds is 3. The molecular formula is C14H17BrN4. The minimum Gasteiger partial charge on any atom is -0.197 e. The maximum Gasteiger partial charge on any atom is 0.159 e. The Bertz CT molecular complexity index is 573. The molecule has 1 aromatic carbocycles. The first kappa shape index (κ1) is 12.8. The van der Waals surface area contributed by atoms with Crippen LogP contribution in [0.25, 0.3) is 5.69 Å². The normalized spacial score (nSPS) is 16.1. The summed E-state index contributed by atoms with van der Waals surface area (Å²) in [4.78, 5) is 0. The van der Waals surface area contributed by atoms with Gasteiger partial charge in [0.05, 0.1) is 5.69 Å². The molecule has 0 amide bonds. The molecule has 0 aliphatic heterocycles. The number of nitrogens with zero attached hydrogens (tertiary/aromatic N) is 4. The zero-order valence-electron chi connectivity index (χ0n) is 11.0. The van der Waals surface area contributed by atoms with Crippen LogP contribution in [0.5, 0.6) is 0 Å². The Kier molecular flexibility index (Phi) is 3.64. The Morgan fingerprint density at radius 1 is 1.32 bits per heavy atom. The van der Waals surface area contributed by atoms with Gasteiger partial charge in [0, 0.05) is 10.4 Å². The summed E-state index contributed by atoms with van der Waals surface area (Å²) in [5.74, 6) is 1.54. The smallest absolute Gasteiger partial charge is 0.159 e. The van der Waals surface area contributed by atoms with Crippen LogP contribution in [0.4, 0.5) is 0 Å². The quantitative estimate of drug-likeness (QED) is 0.867. The van der Waals surface area contributed by atoms with Crippen molar-refractivity contribution < 1.29 is 0 Å². The van der Waals surface area contributed by atoms with E-state index in [2.05, 4.69) is 56.6 Å². The van der Waals surface area contributed by atoms with Gasteiger partial charge in [-0.05, 0) is 53.5 Å². The van der Waals surface area contributed by atoms with Crippen molar-refractivity contribution in [2.24, 2.45) is 0 Å². The van der Waals surface area contributed by atoms with Gasteiger partial charge in [0.2, 0.25) is 0 Å². The van der Waals surface area contributed by atoms with E-state index >= 15 is 0 Å². The van der Waals surface area contributed by atoms with Crippen molar-refractivity contribution in [2.75, 3.05) is 0 Å². The van der Waals surface area contributed by atoms with Crippen molar-refractivity contribution in [1.29, 1.82) is 0 Å². The van der Waals surface area contributed by atoms with Crippen LogP contribution in [0.15, 0.2) is 22.7 Å². The zero-order valence-corrected chi connectivity index (χ0v) is 12.6. The lowest BCUT2D eigenvalue weighted by Gasteiger charge is -2.12. The molecule has 5 heteroatoms. The highest BCUT2D eigenvalue weighted by atomic mass is 79.9. The number of aromatic nitrogens is 4. The molecule has 2 aromatic rings. The van der Waals surface area contributed by atoms with Gasteiger partial charge in [0.25, 0.3) is 0 Å². The zero-order chi connectivity index (χ0) is 13.2. The molecule has 1 saturated carbocycles. The lowest BCUT2D eigenvalue weighted by atomic mass is 10.1. The van der Waals surface area contributed by atoms with E-state index in [0.29, 0.717) is 5.92 Å². The minimum absolute atomic E-state index is 0.517.